The minimum absolute atomic E-state index is 0.0231. The first-order valence-corrected chi connectivity index (χ1v) is 37.2. The fourth-order valence-corrected chi connectivity index (χ4v) is 12.4. The maximum absolute atomic E-state index is 14.9. The second-order valence-electron chi connectivity index (χ2n) is 28.3. The highest BCUT2D eigenvalue weighted by Crippen LogP contribution is 2.24. The van der Waals surface area contributed by atoms with E-state index in [0.717, 1.165) is 43.9 Å². The zero-order valence-electron chi connectivity index (χ0n) is 62.0. The second-order valence-corrected chi connectivity index (χ2v) is 28.3. The molecular formula is C74H114N12O20. The lowest BCUT2D eigenvalue weighted by Gasteiger charge is -2.32. The number of unbranched alkanes of at least 4 members (excludes halogenated alkanes) is 11. The van der Waals surface area contributed by atoms with Gasteiger partial charge in [0.05, 0.1) is 18.6 Å². The average molecular weight is 1490 g/mol. The van der Waals surface area contributed by atoms with Crippen LogP contribution in [0.25, 0.3) is 0 Å². The molecule has 5 rings (SSSR count). The Morgan fingerprint density at radius 3 is 1.67 bits per heavy atom. The van der Waals surface area contributed by atoms with E-state index >= 15 is 0 Å². The number of carboxylic acid groups (broad SMARTS) is 2. The number of nitrogens with two attached hydrogens (primary N) is 2. The predicted molar refractivity (Wildman–Crippen MR) is 388 cm³/mol. The Hall–Kier alpha value is -9.30. The molecule has 32 nitrogen and oxygen atoms in total. The van der Waals surface area contributed by atoms with Crippen molar-refractivity contribution in [1.29, 1.82) is 0 Å². The Balaban J connectivity index is 1.75. The molecule has 3 aliphatic heterocycles. The van der Waals surface area contributed by atoms with Crippen molar-refractivity contribution < 1.29 is 97.4 Å². The van der Waals surface area contributed by atoms with Crippen LogP contribution in [0.15, 0.2) is 48.5 Å². The van der Waals surface area contributed by atoms with Crippen LogP contribution in [0.3, 0.4) is 0 Å². The Kier molecular flexibility index (Phi) is 39.2. The smallest absolute Gasteiger partial charge is 0.334 e. The van der Waals surface area contributed by atoms with Crippen molar-refractivity contribution in [2.24, 2.45) is 23.3 Å². The molecule has 106 heavy (non-hydrogen) atoms. The normalized spacial score (nSPS) is 21.6. The minimum Gasteiger partial charge on any atom is -0.508 e. The van der Waals surface area contributed by atoms with Crippen LogP contribution in [0.2, 0.25) is 0 Å². The van der Waals surface area contributed by atoms with Gasteiger partial charge in [-0.15, -0.1) is 0 Å². The van der Waals surface area contributed by atoms with Crippen LogP contribution in [0.4, 0.5) is 0 Å². The van der Waals surface area contributed by atoms with Crippen molar-refractivity contribution in [1.82, 2.24) is 52.8 Å². The number of aliphatic hydroxyl groups is 2. The minimum atomic E-state index is -1.99. The second kappa shape index (κ2) is 46.6. The maximum Gasteiger partial charge on any atom is 0.334 e. The Labute approximate surface area is 619 Å². The first-order chi connectivity index (χ1) is 50.3. The van der Waals surface area contributed by atoms with Crippen LogP contribution >= 0.6 is 0 Å². The third kappa shape index (κ3) is 31.8. The summed E-state index contributed by atoms with van der Waals surface area (Å²) in [6.45, 7) is 9.50. The standard InChI is InChI=1S/C74H114N12O20/c1-7-8-9-10-11-12-13-14-15-16-17-18-21-49(89)42-59(91)77-52(33-36-60(92)93)66(97)78-51(22-19-38-75)65(96)81-56-41-47-26-30-50(31-27-47)106-74(105)63(44(4)5)84-69(100)55(40-46-24-28-48(88)29-25-46)82-67(98)53(32-35-58(76)90)79-71(102)57-23-20-39-86(57)73(104)62(43(2)3)83-68(99)54(34-37-61(94)95)80-72(103)64(45(6)87)85-70(56)101/h24-31,43-45,49,51-57,62-64,87-89H,7-23,32-42,75H2,1-6H3,(H2,76,90)(H,77,91)(H,78,97)(H,79,102)(H,80,103)(H,81,96)(H,82,98)(H,83,99)(H,84,100)(H,85,101)(H,92,93)(H,94,95). The summed E-state index contributed by atoms with van der Waals surface area (Å²) in [5.74, 6) is -16.2. The molecule has 0 saturated carbocycles. The molecule has 1 saturated heterocycles. The van der Waals surface area contributed by atoms with E-state index in [4.69, 9.17) is 16.2 Å². The average Bonchev–Trinajstić information content (AvgIpc) is 1.51. The molecule has 3 aliphatic rings. The number of primary amides is 1. The summed E-state index contributed by atoms with van der Waals surface area (Å²) < 4.78 is 5.77. The maximum atomic E-state index is 14.9. The number of fused-ring (bicyclic) bond motifs is 23. The SMILES string of the molecule is CCCCCCCCCCCCCCC(O)CC(=O)NC(CCC(=O)O)C(=O)NC(CCCN)C(=O)NC1Cc2ccc(cc2)OC(=O)C(C(C)C)NC(=O)C(Cc2ccc(O)cc2)NC(=O)C(CCC(N)=O)NC(=O)C2CCCN2C(=O)C(C(C)C)NC(=O)C(CCC(=O)O)NC(=O)C(C(C)O)NC1=O. The summed E-state index contributed by atoms with van der Waals surface area (Å²) in [5, 5.41) is 74.5. The number of carbonyl (C=O) groups excluding carboxylic acids is 12. The molecular weight excluding hydrogens is 1380 g/mol. The lowest BCUT2D eigenvalue weighted by molar-refractivity contribution is -0.144. The van der Waals surface area contributed by atoms with Crippen molar-refractivity contribution in [2.45, 2.75) is 281 Å². The molecule has 11 amide bonds. The van der Waals surface area contributed by atoms with Gasteiger partial charge in [-0.2, -0.15) is 0 Å². The van der Waals surface area contributed by atoms with Crippen molar-refractivity contribution in [2.75, 3.05) is 13.1 Å². The van der Waals surface area contributed by atoms with E-state index in [1.165, 1.54) is 87.1 Å². The van der Waals surface area contributed by atoms with Gasteiger partial charge < -0.3 is 94.5 Å². The van der Waals surface area contributed by atoms with Crippen LogP contribution in [-0.2, 0) is 80.0 Å². The predicted octanol–water partition coefficient (Wildman–Crippen LogP) is 1.72. The number of phenols is 1. The molecule has 12 unspecified atom stereocenters. The van der Waals surface area contributed by atoms with Gasteiger partial charge in [-0.05, 0) is 112 Å². The van der Waals surface area contributed by atoms with Crippen molar-refractivity contribution in [3.63, 3.8) is 0 Å². The van der Waals surface area contributed by atoms with E-state index in [0.29, 0.717) is 18.4 Å². The molecule has 2 bridgehead atoms. The van der Waals surface area contributed by atoms with Crippen LogP contribution < -0.4 is 64.1 Å². The van der Waals surface area contributed by atoms with Crippen LogP contribution in [0, 0.1) is 11.8 Å². The number of rotatable bonds is 37. The highest BCUT2D eigenvalue weighted by atomic mass is 16.5. The lowest BCUT2D eigenvalue weighted by Crippen LogP contribution is -2.62. The molecule has 590 valence electrons. The Bertz CT molecular complexity index is 3240. The number of hydrogen-bond donors (Lipinski definition) is 16. The summed E-state index contributed by atoms with van der Waals surface area (Å²) in [4.78, 5) is 196. The van der Waals surface area contributed by atoms with Crippen molar-refractivity contribution >= 4 is 82.9 Å². The van der Waals surface area contributed by atoms with Crippen LogP contribution in [0.1, 0.15) is 207 Å². The number of aromatic hydroxyl groups is 1. The summed E-state index contributed by atoms with van der Waals surface area (Å²) in [5.41, 5.74) is 12.0. The Morgan fingerprint density at radius 1 is 0.575 bits per heavy atom. The van der Waals surface area contributed by atoms with Gasteiger partial charge in [-0.25, -0.2) is 4.79 Å². The van der Waals surface area contributed by atoms with Gasteiger partial charge in [0.1, 0.15) is 71.9 Å². The van der Waals surface area contributed by atoms with Gasteiger partial charge >= 0.3 is 17.9 Å². The first kappa shape index (κ1) is 89.1. The number of ether oxygens (including phenoxy) is 1. The highest BCUT2D eigenvalue weighted by Gasteiger charge is 2.42. The van der Waals surface area contributed by atoms with Crippen molar-refractivity contribution in [3.05, 3.63) is 59.7 Å². The molecule has 2 aromatic rings. The van der Waals surface area contributed by atoms with E-state index in [9.17, 15) is 92.7 Å². The summed E-state index contributed by atoms with van der Waals surface area (Å²) in [6, 6.07) is -4.94. The quantitative estimate of drug-likeness (QED) is 0.0198. The van der Waals surface area contributed by atoms with Gasteiger partial charge in [0, 0.05) is 38.6 Å². The fraction of sp³-hybridized carbons (Fsp3) is 0.649. The van der Waals surface area contributed by atoms with Crippen molar-refractivity contribution in [3.8, 4) is 11.5 Å². The molecule has 2 aromatic carbocycles. The number of carbonyl (C=O) groups is 14. The Morgan fingerprint density at radius 2 is 1.10 bits per heavy atom. The van der Waals surface area contributed by atoms with E-state index < -0.39 is 219 Å². The molecule has 3 heterocycles. The molecule has 18 N–H and O–H groups in total. The summed E-state index contributed by atoms with van der Waals surface area (Å²) >= 11 is 0. The molecule has 0 aliphatic carbocycles. The van der Waals surface area contributed by atoms with Gasteiger partial charge in [-0.1, -0.05) is 136 Å². The number of phenolic OH excluding ortho intramolecular Hbond substituents is 1. The number of hydrogen-bond acceptors (Lipinski definition) is 19. The molecule has 0 spiro atoms. The lowest BCUT2D eigenvalue weighted by atomic mass is 10.00. The summed E-state index contributed by atoms with van der Waals surface area (Å²) in [6.07, 6.45) is 6.34. The van der Waals surface area contributed by atoms with Gasteiger partial charge in [0.15, 0.2) is 0 Å². The highest BCUT2D eigenvalue weighted by molar-refractivity contribution is 6.00. The van der Waals surface area contributed by atoms with Gasteiger partial charge in [0.25, 0.3) is 0 Å². The number of esters is 1. The van der Waals surface area contributed by atoms with Gasteiger partial charge in [-0.3, -0.25) is 62.3 Å². The number of nitrogens with one attached hydrogen (secondary N) is 9. The fourth-order valence-electron chi connectivity index (χ4n) is 12.4. The monoisotopic (exact) mass is 1490 g/mol. The number of benzene rings is 2. The van der Waals surface area contributed by atoms with E-state index in [1.54, 1.807) is 27.7 Å². The van der Waals surface area contributed by atoms with E-state index in [1.807, 2.05) is 0 Å². The topological polar surface area (TPSA) is 513 Å². The molecule has 0 radical (unpaired) electrons. The third-order valence-electron chi connectivity index (χ3n) is 18.6. The number of nitrogens with zero attached hydrogens (tertiary/aromatic N) is 1. The molecule has 12 atom stereocenters. The largest absolute Gasteiger partial charge is 0.508 e. The zero-order chi connectivity index (χ0) is 78.6. The van der Waals surface area contributed by atoms with E-state index in [-0.39, 0.29) is 62.3 Å². The first-order valence-electron chi connectivity index (χ1n) is 37.2. The van der Waals surface area contributed by atoms with Crippen LogP contribution in [-0.4, -0.2) is 199 Å². The summed E-state index contributed by atoms with van der Waals surface area (Å²) in [7, 11) is 0. The van der Waals surface area contributed by atoms with Gasteiger partial charge in [0.2, 0.25) is 65.0 Å². The van der Waals surface area contributed by atoms with E-state index in [2.05, 4.69) is 54.8 Å². The number of aliphatic hydroxyl groups excluding tert-OH is 2. The molecule has 1 fully saturated rings. The number of aliphatic carboxylic acids is 2. The number of carboxylic acids is 2. The third-order valence-corrected chi connectivity index (χ3v) is 18.6. The number of amides is 11. The molecule has 32 heteroatoms. The molecule has 0 aromatic heterocycles. The zero-order valence-corrected chi connectivity index (χ0v) is 62.0. The van der Waals surface area contributed by atoms with Crippen LogP contribution in [0.5, 0.6) is 11.5 Å².